The first-order valence-electron chi connectivity index (χ1n) is 7.94. The topological polar surface area (TPSA) is 150 Å². The molecule has 2 amide bonds. The van der Waals surface area contributed by atoms with Crippen LogP contribution in [0.2, 0.25) is 0 Å². The smallest absolute Gasteiger partial charge is 0.353 e. The molecule has 2 atom stereocenters. The summed E-state index contributed by atoms with van der Waals surface area (Å²) in [4.78, 5) is 37.5. The van der Waals surface area contributed by atoms with E-state index < -0.39 is 45.0 Å². The number of carbonyl (C=O) groups excluding carboxylic acids is 2. The quantitative estimate of drug-likeness (QED) is 0.520. The van der Waals surface area contributed by atoms with Gasteiger partial charge in [0.05, 0.1) is 0 Å². The average molecular weight is 448 g/mol. The van der Waals surface area contributed by atoms with E-state index in [4.69, 9.17) is 0 Å². The number of rotatable bonds is 6. The molecule has 1 aromatic rings. The van der Waals surface area contributed by atoms with E-state index in [1.807, 2.05) is 0 Å². The molecule has 152 valence electrons. The summed E-state index contributed by atoms with van der Waals surface area (Å²) >= 11 is 2.50. The predicted molar refractivity (Wildman–Crippen MR) is 102 cm³/mol. The fourth-order valence-corrected chi connectivity index (χ4v) is 5.56. The van der Waals surface area contributed by atoms with E-state index in [2.05, 4.69) is 15.5 Å². The van der Waals surface area contributed by atoms with Gasteiger partial charge in [-0.1, -0.05) is 11.3 Å². The largest absolute Gasteiger partial charge is 0.477 e. The number of sulfonamides is 1. The van der Waals surface area contributed by atoms with Crippen molar-refractivity contribution in [1.82, 2.24) is 24.7 Å². The van der Waals surface area contributed by atoms with Gasteiger partial charge in [-0.15, -0.1) is 22.0 Å². The van der Waals surface area contributed by atoms with Crippen molar-refractivity contribution >= 4 is 56.5 Å². The Morgan fingerprint density at radius 1 is 1.36 bits per heavy atom. The summed E-state index contributed by atoms with van der Waals surface area (Å²) in [5.41, 5.74) is 0.212. The van der Waals surface area contributed by atoms with Crippen molar-refractivity contribution in [3.05, 3.63) is 15.7 Å². The van der Waals surface area contributed by atoms with E-state index in [0.717, 1.165) is 9.21 Å². The van der Waals surface area contributed by atoms with Crippen molar-refractivity contribution in [2.24, 2.45) is 0 Å². The summed E-state index contributed by atoms with van der Waals surface area (Å²) in [6, 6.07) is -0.984. The van der Waals surface area contributed by atoms with Gasteiger partial charge in [-0.25, -0.2) is 17.5 Å². The molecule has 0 spiro atoms. The zero-order valence-electron chi connectivity index (χ0n) is 15.1. The number of hydrogen-bond donors (Lipinski definition) is 2. The summed E-state index contributed by atoms with van der Waals surface area (Å²) in [5.74, 6) is -3.23. The lowest BCUT2D eigenvalue weighted by Gasteiger charge is -2.49. The van der Waals surface area contributed by atoms with Gasteiger partial charge in [-0.3, -0.25) is 14.5 Å². The molecule has 11 nitrogen and oxygen atoms in total. The SMILES string of the molecule is Cc1nnc(C2=C(C(=O)O)N3C(=O)C(NC(=O)CS(=O)(=O)N(C)C)[C@@H]3SC2)s1. The first-order valence-corrected chi connectivity index (χ1v) is 11.4. The molecule has 1 fully saturated rings. The zero-order chi connectivity index (χ0) is 20.8. The van der Waals surface area contributed by atoms with Crippen molar-refractivity contribution in [3.63, 3.8) is 0 Å². The highest BCUT2D eigenvalue weighted by atomic mass is 32.2. The third-order valence-corrected chi connectivity index (χ3v) is 8.06. The van der Waals surface area contributed by atoms with Gasteiger partial charge in [0.15, 0.2) is 0 Å². The molecule has 3 heterocycles. The normalized spacial score (nSPS) is 22.1. The molecular weight excluding hydrogens is 430 g/mol. The highest BCUT2D eigenvalue weighted by Gasteiger charge is 2.54. The van der Waals surface area contributed by atoms with Crippen LogP contribution in [0.3, 0.4) is 0 Å². The number of aromatic nitrogens is 2. The number of thioether (sulfide) groups is 1. The Hall–Kier alpha value is -2.03. The lowest BCUT2D eigenvalue weighted by molar-refractivity contribution is -0.150. The van der Waals surface area contributed by atoms with Gasteiger partial charge in [-0.05, 0) is 6.92 Å². The average Bonchev–Trinajstić information content (AvgIpc) is 3.03. The second kappa shape index (κ2) is 7.42. The molecule has 28 heavy (non-hydrogen) atoms. The number of β-lactam (4-membered cyclic amide) rings is 1. The maximum absolute atomic E-state index is 12.5. The Balaban J connectivity index is 1.80. The highest BCUT2D eigenvalue weighted by Crippen LogP contribution is 2.43. The summed E-state index contributed by atoms with van der Waals surface area (Å²) in [6.07, 6.45) is 0. The van der Waals surface area contributed by atoms with E-state index in [1.165, 1.54) is 37.2 Å². The number of nitrogens with zero attached hydrogens (tertiary/aromatic N) is 4. The van der Waals surface area contributed by atoms with E-state index >= 15 is 0 Å². The van der Waals surface area contributed by atoms with Gasteiger partial charge in [0, 0.05) is 25.4 Å². The van der Waals surface area contributed by atoms with Crippen molar-refractivity contribution in [1.29, 1.82) is 0 Å². The molecule has 0 bridgehead atoms. The van der Waals surface area contributed by atoms with Gasteiger partial charge < -0.3 is 10.4 Å². The number of nitrogens with one attached hydrogen (secondary N) is 1. The van der Waals surface area contributed by atoms with Gasteiger partial charge in [0.1, 0.15) is 32.9 Å². The second-order valence-corrected chi connectivity index (χ2v) is 10.7. The number of hydrogen-bond acceptors (Lipinski definition) is 9. The van der Waals surface area contributed by atoms with Crippen LogP contribution in [0, 0.1) is 6.92 Å². The third-order valence-electron chi connectivity index (χ3n) is 4.14. The Morgan fingerprint density at radius 3 is 2.57 bits per heavy atom. The number of carboxylic acids is 1. The summed E-state index contributed by atoms with van der Waals surface area (Å²) in [5, 5.41) is 20.3. The van der Waals surface area contributed by atoms with Gasteiger partial charge in [0.2, 0.25) is 15.9 Å². The molecular formula is C14H17N5O6S3. The van der Waals surface area contributed by atoms with E-state index in [1.54, 1.807) is 6.92 Å². The van der Waals surface area contributed by atoms with Gasteiger partial charge in [-0.2, -0.15) is 0 Å². The molecule has 1 aromatic heterocycles. The van der Waals surface area contributed by atoms with Crippen molar-refractivity contribution in [3.8, 4) is 0 Å². The Morgan fingerprint density at radius 2 is 2.04 bits per heavy atom. The first-order chi connectivity index (χ1) is 13.0. The van der Waals surface area contributed by atoms with Crippen molar-refractivity contribution in [2.45, 2.75) is 18.3 Å². The van der Waals surface area contributed by atoms with Gasteiger partial charge >= 0.3 is 5.97 Å². The molecule has 3 rings (SSSR count). The molecule has 0 saturated carbocycles. The molecule has 2 N–H and O–H groups in total. The fraction of sp³-hybridized carbons (Fsp3) is 0.500. The Kier molecular flexibility index (Phi) is 5.49. The fourth-order valence-electron chi connectivity index (χ4n) is 2.71. The molecule has 2 aliphatic rings. The van der Waals surface area contributed by atoms with Crippen LogP contribution in [0.25, 0.3) is 5.57 Å². The Labute approximate surface area is 168 Å². The minimum Gasteiger partial charge on any atom is -0.477 e. The van der Waals surface area contributed by atoms with Crippen LogP contribution in [0.5, 0.6) is 0 Å². The summed E-state index contributed by atoms with van der Waals surface area (Å²) in [7, 11) is -1.16. The molecule has 14 heteroatoms. The van der Waals surface area contributed by atoms with Crippen LogP contribution in [0.1, 0.15) is 10.0 Å². The first kappa shape index (κ1) is 20.7. The summed E-state index contributed by atoms with van der Waals surface area (Å²) < 4.78 is 24.5. The van der Waals surface area contributed by atoms with E-state index in [-0.39, 0.29) is 11.4 Å². The number of carboxylic acid groups (broad SMARTS) is 1. The van der Waals surface area contributed by atoms with Crippen LogP contribution in [-0.2, 0) is 24.4 Å². The molecule has 1 unspecified atom stereocenters. The Bertz CT molecular complexity index is 985. The number of fused-ring (bicyclic) bond motifs is 1. The molecule has 1 saturated heterocycles. The lowest BCUT2D eigenvalue weighted by atomic mass is 10.0. The van der Waals surface area contributed by atoms with E-state index in [9.17, 15) is 27.9 Å². The third kappa shape index (κ3) is 3.64. The molecule has 0 aromatic carbocycles. The van der Waals surface area contributed by atoms with E-state index in [0.29, 0.717) is 15.6 Å². The zero-order valence-corrected chi connectivity index (χ0v) is 17.5. The number of aliphatic carboxylic acids is 1. The van der Waals surface area contributed by atoms with Crippen LogP contribution in [0.15, 0.2) is 5.70 Å². The minimum atomic E-state index is -3.77. The van der Waals surface area contributed by atoms with Crippen LogP contribution >= 0.6 is 23.1 Å². The predicted octanol–water partition coefficient (Wildman–Crippen LogP) is -1.07. The number of carbonyl (C=O) groups is 3. The second-order valence-electron chi connectivity index (χ2n) is 6.25. The number of amides is 2. The standard InChI is InChI=1S/C14H17N5O6S3/c1-6-16-17-11(27-6)7-4-26-13-9(12(21)19(13)10(7)14(22)23)15-8(20)5-28(24,25)18(2)3/h9,13H,4-5H2,1-3H3,(H,15,20)(H,22,23)/t9?,13-/m0/s1. The maximum Gasteiger partial charge on any atom is 0.353 e. The maximum atomic E-state index is 12.5. The molecule has 0 radical (unpaired) electrons. The van der Waals surface area contributed by atoms with Crippen LogP contribution in [-0.4, -0.2) is 87.7 Å². The molecule has 2 aliphatic heterocycles. The highest BCUT2D eigenvalue weighted by molar-refractivity contribution is 8.00. The lowest BCUT2D eigenvalue weighted by Crippen LogP contribution is -2.70. The number of aryl methyl sites for hydroxylation is 1. The van der Waals surface area contributed by atoms with Gasteiger partial charge in [0.25, 0.3) is 5.91 Å². The van der Waals surface area contributed by atoms with Crippen molar-refractivity contribution in [2.75, 3.05) is 25.6 Å². The van der Waals surface area contributed by atoms with Crippen LogP contribution < -0.4 is 5.32 Å². The van der Waals surface area contributed by atoms with Crippen LogP contribution in [0.4, 0.5) is 0 Å². The van der Waals surface area contributed by atoms with Crippen molar-refractivity contribution < 1.29 is 27.9 Å². The molecule has 0 aliphatic carbocycles. The summed E-state index contributed by atoms with van der Waals surface area (Å²) in [6.45, 7) is 1.74. The monoisotopic (exact) mass is 447 g/mol. The minimum absolute atomic E-state index is 0.184.